The average molecular weight is 382 g/mol. The van der Waals surface area contributed by atoms with E-state index in [1.165, 1.54) is 0 Å². The summed E-state index contributed by atoms with van der Waals surface area (Å²) < 4.78 is 1.78. The number of hydrogen-bond donors (Lipinski definition) is 2. The lowest BCUT2D eigenvalue weighted by Crippen LogP contribution is -2.17. The van der Waals surface area contributed by atoms with Gasteiger partial charge < -0.3 is 5.73 Å². The summed E-state index contributed by atoms with van der Waals surface area (Å²) in [6.07, 6.45) is 6.86. The van der Waals surface area contributed by atoms with Crippen molar-refractivity contribution in [1.29, 1.82) is 0 Å². The van der Waals surface area contributed by atoms with Crippen molar-refractivity contribution in [2.75, 3.05) is 5.73 Å². The number of carbonyl (C=O) groups is 1. The molecule has 0 spiro atoms. The molecule has 0 unspecified atom stereocenters. The predicted molar refractivity (Wildman–Crippen MR) is 113 cm³/mol. The number of hydrazone groups is 1. The second-order valence-corrected chi connectivity index (χ2v) is 6.27. The van der Waals surface area contributed by atoms with Crippen molar-refractivity contribution >= 4 is 17.8 Å². The molecular formula is C22H18N6O. The third kappa shape index (κ3) is 4.19. The van der Waals surface area contributed by atoms with Gasteiger partial charge in [-0.15, -0.1) is 0 Å². The normalized spacial score (nSPS) is 10.9. The topological polar surface area (TPSA) is 98.2 Å². The number of anilines is 1. The zero-order valence-electron chi connectivity index (χ0n) is 15.4. The molecule has 29 heavy (non-hydrogen) atoms. The number of nitrogens with one attached hydrogen (secondary N) is 1. The van der Waals surface area contributed by atoms with E-state index in [0.29, 0.717) is 11.3 Å². The molecule has 0 radical (unpaired) electrons. The van der Waals surface area contributed by atoms with Crippen LogP contribution in [0.25, 0.3) is 16.9 Å². The Morgan fingerprint density at radius 1 is 1.00 bits per heavy atom. The fourth-order valence-corrected chi connectivity index (χ4v) is 2.79. The number of hydrogen-bond acceptors (Lipinski definition) is 5. The van der Waals surface area contributed by atoms with Gasteiger partial charge in [0.2, 0.25) is 0 Å². The smallest absolute Gasteiger partial charge is 0.271 e. The molecule has 2 heterocycles. The maximum absolute atomic E-state index is 12.2. The Bertz CT molecular complexity index is 1140. The van der Waals surface area contributed by atoms with Gasteiger partial charge in [0, 0.05) is 41.0 Å². The molecule has 1 amide bonds. The number of nitrogen functional groups attached to an aromatic ring is 1. The number of pyridine rings is 1. The van der Waals surface area contributed by atoms with E-state index >= 15 is 0 Å². The lowest BCUT2D eigenvalue weighted by molar-refractivity contribution is 0.0955. The Balaban J connectivity index is 1.61. The van der Waals surface area contributed by atoms with Gasteiger partial charge in [-0.05, 0) is 48.5 Å². The number of benzene rings is 2. The molecule has 2 aromatic heterocycles. The van der Waals surface area contributed by atoms with Crippen LogP contribution in [0.1, 0.15) is 15.9 Å². The number of amides is 1. The summed E-state index contributed by atoms with van der Waals surface area (Å²) >= 11 is 0. The summed E-state index contributed by atoms with van der Waals surface area (Å²) in [5.74, 6) is -0.317. The predicted octanol–water partition coefficient (Wildman–Crippen LogP) is 3.28. The zero-order chi connectivity index (χ0) is 20.1. The van der Waals surface area contributed by atoms with Gasteiger partial charge in [0.1, 0.15) is 5.69 Å². The van der Waals surface area contributed by atoms with Gasteiger partial charge in [-0.2, -0.15) is 10.2 Å². The molecular weight excluding hydrogens is 364 g/mol. The molecule has 7 heteroatoms. The maximum Gasteiger partial charge on any atom is 0.271 e. The molecule has 4 rings (SSSR count). The van der Waals surface area contributed by atoms with Crippen molar-refractivity contribution < 1.29 is 4.79 Å². The van der Waals surface area contributed by atoms with Crippen LogP contribution in [0.2, 0.25) is 0 Å². The highest BCUT2D eigenvalue weighted by molar-refractivity contribution is 5.95. The molecule has 0 aliphatic rings. The van der Waals surface area contributed by atoms with Crippen LogP contribution in [0.15, 0.2) is 90.4 Å². The monoisotopic (exact) mass is 382 g/mol. The highest BCUT2D eigenvalue weighted by atomic mass is 16.2. The Morgan fingerprint density at radius 3 is 2.45 bits per heavy atom. The molecule has 7 nitrogen and oxygen atoms in total. The van der Waals surface area contributed by atoms with Crippen molar-refractivity contribution in [2.45, 2.75) is 0 Å². The van der Waals surface area contributed by atoms with E-state index in [9.17, 15) is 4.79 Å². The number of para-hydroxylation sites is 1. The van der Waals surface area contributed by atoms with Crippen LogP contribution in [0.5, 0.6) is 0 Å². The van der Waals surface area contributed by atoms with Crippen molar-refractivity contribution in [3.05, 3.63) is 96.4 Å². The molecule has 0 fully saturated rings. The number of nitrogens with two attached hydrogens (primary N) is 1. The van der Waals surface area contributed by atoms with E-state index in [-0.39, 0.29) is 5.91 Å². The third-order valence-corrected chi connectivity index (χ3v) is 4.26. The first kappa shape index (κ1) is 18.1. The Hall–Kier alpha value is -4.26. The number of carbonyl (C=O) groups excluding carboxylic acids is 1. The molecule has 4 aromatic rings. The quantitative estimate of drug-likeness (QED) is 0.314. The molecule has 2 aromatic carbocycles. The van der Waals surface area contributed by atoms with Crippen LogP contribution < -0.4 is 11.2 Å². The zero-order valence-corrected chi connectivity index (χ0v) is 15.4. The number of nitrogens with zero attached hydrogens (tertiary/aromatic N) is 4. The van der Waals surface area contributed by atoms with Crippen LogP contribution in [-0.4, -0.2) is 26.9 Å². The molecule has 3 N–H and O–H groups in total. The lowest BCUT2D eigenvalue weighted by Gasteiger charge is -2.00. The number of rotatable bonds is 5. The van der Waals surface area contributed by atoms with E-state index in [0.717, 1.165) is 22.5 Å². The molecule has 0 saturated carbocycles. The van der Waals surface area contributed by atoms with Crippen LogP contribution >= 0.6 is 0 Å². The summed E-state index contributed by atoms with van der Waals surface area (Å²) in [5.41, 5.74) is 12.6. The molecule has 0 atom stereocenters. The second kappa shape index (κ2) is 8.18. The first-order chi connectivity index (χ1) is 14.2. The summed E-state index contributed by atoms with van der Waals surface area (Å²) in [4.78, 5) is 16.3. The van der Waals surface area contributed by atoms with Gasteiger partial charge in [-0.3, -0.25) is 9.78 Å². The van der Waals surface area contributed by atoms with Crippen molar-refractivity contribution in [3.8, 4) is 16.9 Å². The van der Waals surface area contributed by atoms with E-state index in [4.69, 9.17) is 5.73 Å². The summed E-state index contributed by atoms with van der Waals surface area (Å²) in [6.45, 7) is 0. The largest absolute Gasteiger partial charge is 0.399 e. The van der Waals surface area contributed by atoms with E-state index in [1.54, 1.807) is 47.6 Å². The van der Waals surface area contributed by atoms with E-state index in [1.807, 2.05) is 48.7 Å². The van der Waals surface area contributed by atoms with Crippen molar-refractivity contribution in [1.82, 2.24) is 20.2 Å². The fraction of sp³-hybridized carbons (Fsp3) is 0. The number of aromatic nitrogens is 3. The Morgan fingerprint density at radius 2 is 1.72 bits per heavy atom. The van der Waals surface area contributed by atoms with Gasteiger partial charge in [0.25, 0.3) is 5.91 Å². The molecule has 0 aliphatic carbocycles. The lowest BCUT2D eigenvalue weighted by atomic mass is 10.1. The maximum atomic E-state index is 12.2. The van der Waals surface area contributed by atoms with Gasteiger partial charge in [0.05, 0.1) is 11.9 Å². The SMILES string of the molecule is Nc1ccc(C(=O)N/N=C\c2cn(-c3ccccc3)nc2-c2ccncc2)cc1. The average Bonchev–Trinajstić information content (AvgIpc) is 3.19. The molecule has 0 bridgehead atoms. The van der Waals surface area contributed by atoms with Crippen molar-refractivity contribution in [2.24, 2.45) is 5.10 Å². The van der Waals surface area contributed by atoms with E-state index < -0.39 is 0 Å². The van der Waals surface area contributed by atoms with Gasteiger partial charge in [-0.25, -0.2) is 10.1 Å². The minimum atomic E-state index is -0.317. The summed E-state index contributed by atoms with van der Waals surface area (Å²) in [6, 6.07) is 20.2. The fourth-order valence-electron chi connectivity index (χ4n) is 2.79. The standard InChI is InChI=1S/C22H18N6O/c23-19-8-6-17(7-9-19)22(29)26-25-14-18-15-28(20-4-2-1-3-5-20)27-21(18)16-10-12-24-13-11-16/h1-15H,23H2,(H,26,29)/b25-14-. The van der Waals surface area contributed by atoms with Crippen LogP contribution in [0.4, 0.5) is 5.69 Å². The highest BCUT2D eigenvalue weighted by Crippen LogP contribution is 2.22. The Labute approximate surface area is 167 Å². The molecule has 142 valence electrons. The van der Waals surface area contributed by atoms with Crippen LogP contribution in [0.3, 0.4) is 0 Å². The third-order valence-electron chi connectivity index (χ3n) is 4.26. The summed E-state index contributed by atoms with van der Waals surface area (Å²) in [5, 5.41) is 8.80. The minimum Gasteiger partial charge on any atom is -0.399 e. The molecule has 0 aliphatic heterocycles. The first-order valence-electron chi connectivity index (χ1n) is 8.95. The summed E-state index contributed by atoms with van der Waals surface area (Å²) in [7, 11) is 0. The highest BCUT2D eigenvalue weighted by Gasteiger charge is 2.11. The minimum absolute atomic E-state index is 0.317. The first-order valence-corrected chi connectivity index (χ1v) is 8.95. The Kier molecular flexibility index (Phi) is 5.11. The van der Waals surface area contributed by atoms with Gasteiger partial charge >= 0.3 is 0 Å². The van der Waals surface area contributed by atoms with Crippen LogP contribution in [-0.2, 0) is 0 Å². The van der Waals surface area contributed by atoms with Crippen molar-refractivity contribution in [3.63, 3.8) is 0 Å². The van der Waals surface area contributed by atoms with Gasteiger partial charge in [0.15, 0.2) is 0 Å². The second-order valence-electron chi connectivity index (χ2n) is 6.27. The molecule has 0 saturated heterocycles. The van der Waals surface area contributed by atoms with Crippen LogP contribution in [0, 0.1) is 0 Å². The van der Waals surface area contributed by atoms with Gasteiger partial charge in [-0.1, -0.05) is 18.2 Å². The van der Waals surface area contributed by atoms with E-state index in [2.05, 4.69) is 20.6 Å².